The van der Waals surface area contributed by atoms with E-state index in [1.165, 1.54) is 5.57 Å². The minimum absolute atomic E-state index is 0.0697. The minimum atomic E-state index is -0.821. The van der Waals surface area contributed by atoms with E-state index in [2.05, 4.69) is 32.9 Å². The number of carbonyl (C=O) groups is 1. The van der Waals surface area contributed by atoms with E-state index in [1.54, 1.807) is 0 Å². The Morgan fingerprint density at radius 1 is 1.20 bits per heavy atom. The van der Waals surface area contributed by atoms with Crippen LogP contribution >= 0.6 is 0 Å². The van der Waals surface area contributed by atoms with Crippen LogP contribution in [0.2, 0.25) is 0 Å². The molecule has 0 amide bonds. The van der Waals surface area contributed by atoms with Crippen molar-refractivity contribution >= 4 is 5.97 Å². The van der Waals surface area contributed by atoms with Crippen LogP contribution in [-0.2, 0) is 9.53 Å². The maximum atomic E-state index is 11.5. The second-order valence-electron chi connectivity index (χ2n) is 10.9. The maximum absolute atomic E-state index is 11.5. The van der Waals surface area contributed by atoms with Gasteiger partial charge < -0.3 is 14.9 Å². The molecule has 4 heteroatoms. The monoisotopic (exact) mass is 416 g/mol. The molecule has 0 aromatic rings. The molecule has 6 atom stereocenters. The predicted octanol–water partition coefficient (Wildman–Crippen LogP) is 5.86. The number of hydrogen-bond donors (Lipinski definition) is 2. The van der Waals surface area contributed by atoms with Crippen LogP contribution in [0.15, 0.2) is 23.5 Å². The molecule has 4 nitrogen and oxygen atoms in total. The first kappa shape index (κ1) is 21.9. The smallest absolute Gasteiger partial charge is 0.303 e. The number of aliphatic carboxylic acids is 1. The summed E-state index contributed by atoms with van der Waals surface area (Å²) in [7, 11) is 0. The van der Waals surface area contributed by atoms with Gasteiger partial charge in [-0.05, 0) is 91.6 Å². The first-order valence-electron chi connectivity index (χ1n) is 12.2. The molecule has 0 spiro atoms. The third-order valence-electron chi connectivity index (χ3n) is 9.59. The van der Waals surface area contributed by atoms with E-state index < -0.39 is 11.6 Å². The summed E-state index contributed by atoms with van der Waals surface area (Å²) in [6, 6.07) is 0. The van der Waals surface area contributed by atoms with Gasteiger partial charge in [0.2, 0.25) is 0 Å². The molecule has 0 aliphatic heterocycles. The van der Waals surface area contributed by atoms with Gasteiger partial charge in [-0.2, -0.15) is 0 Å². The fourth-order valence-corrected chi connectivity index (χ4v) is 7.60. The van der Waals surface area contributed by atoms with E-state index in [9.17, 15) is 15.0 Å². The number of allylic oxidation sites excluding steroid dienone is 4. The zero-order valence-electron chi connectivity index (χ0n) is 19.1. The lowest BCUT2D eigenvalue weighted by molar-refractivity contribution is -0.145. The Morgan fingerprint density at radius 3 is 2.70 bits per heavy atom. The van der Waals surface area contributed by atoms with Crippen molar-refractivity contribution in [2.75, 3.05) is 6.61 Å². The molecule has 0 saturated heterocycles. The fourth-order valence-electron chi connectivity index (χ4n) is 7.60. The van der Waals surface area contributed by atoms with E-state index in [0.29, 0.717) is 24.2 Å². The number of rotatable bonds is 7. The molecule has 168 valence electrons. The second kappa shape index (κ2) is 8.00. The fraction of sp³-hybridized carbons (Fsp3) is 0.808. The van der Waals surface area contributed by atoms with E-state index in [0.717, 1.165) is 70.2 Å². The molecule has 2 saturated carbocycles. The highest BCUT2D eigenvalue weighted by atomic mass is 16.5. The lowest BCUT2D eigenvalue weighted by Gasteiger charge is -2.58. The molecule has 0 bridgehead atoms. The minimum Gasteiger partial charge on any atom is -0.498 e. The average molecular weight is 417 g/mol. The van der Waals surface area contributed by atoms with Gasteiger partial charge in [-0.1, -0.05) is 33.3 Å². The number of hydrogen-bond acceptors (Lipinski definition) is 3. The lowest BCUT2D eigenvalue weighted by Crippen LogP contribution is -2.54. The molecular weight excluding hydrogens is 376 g/mol. The Bertz CT molecular complexity index is 739. The van der Waals surface area contributed by atoms with Crippen LogP contribution in [0.1, 0.15) is 91.4 Å². The summed E-state index contributed by atoms with van der Waals surface area (Å²) in [6.07, 6.45) is 14.8. The normalized spacial score (nSPS) is 42.5. The van der Waals surface area contributed by atoms with Crippen LogP contribution < -0.4 is 0 Å². The highest BCUT2D eigenvalue weighted by molar-refractivity contribution is 5.66. The van der Waals surface area contributed by atoms with Gasteiger partial charge in [-0.25, -0.2) is 0 Å². The molecule has 0 heterocycles. The summed E-state index contributed by atoms with van der Waals surface area (Å²) in [5, 5.41) is 20.7. The number of ether oxygens (including phenoxy) is 1. The van der Waals surface area contributed by atoms with Gasteiger partial charge in [-0.15, -0.1) is 0 Å². The van der Waals surface area contributed by atoms with Gasteiger partial charge in [0.05, 0.1) is 18.0 Å². The van der Waals surface area contributed by atoms with Gasteiger partial charge in [0.15, 0.2) is 0 Å². The zero-order valence-corrected chi connectivity index (χ0v) is 19.1. The molecule has 2 N–H and O–H groups in total. The standard InChI is InChI=1S/C26H40O4/c1-4-5-16-30-19-8-12-24(2)18(17-19)6-7-20-21(24)9-13-25(3)22(20)10-14-26(25,29)15-11-23(27)28/h6,17,20-22,29H,4-5,7-16H2,1-3H3,(H,27,28)/t20-,21+,22+,24+,25+,26-/m1/s1. The quantitative estimate of drug-likeness (QED) is 0.511. The number of aliphatic hydroxyl groups is 1. The van der Waals surface area contributed by atoms with Gasteiger partial charge in [0, 0.05) is 12.8 Å². The van der Waals surface area contributed by atoms with Crippen molar-refractivity contribution in [1.29, 1.82) is 0 Å². The van der Waals surface area contributed by atoms with Crippen LogP contribution in [-0.4, -0.2) is 28.4 Å². The first-order valence-corrected chi connectivity index (χ1v) is 12.2. The highest BCUT2D eigenvalue weighted by Crippen LogP contribution is 2.67. The van der Waals surface area contributed by atoms with Crippen molar-refractivity contribution < 1.29 is 19.7 Å². The Balaban J connectivity index is 1.54. The van der Waals surface area contributed by atoms with Crippen LogP contribution in [0.5, 0.6) is 0 Å². The van der Waals surface area contributed by atoms with Gasteiger partial charge in [0.25, 0.3) is 0 Å². The van der Waals surface area contributed by atoms with Gasteiger partial charge >= 0.3 is 5.97 Å². The average Bonchev–Trinajstić information content (AvgIpc) is 2.98. The number of carboxylic acids is 1. The summed E-state index contributed by atoms with van der Waals surface area (Å²) >= 11 is 0. The highest BCUT2D eigenvalue weighted by Gasteiger charge is 2.63. The van der Waals surface area contributed by atoms with Gasteiger partial charge in [0.1, 0.15) is 0 Å². The topological polar surface area (TPSA) is 66.8 Å². The van der Waals surface area contributed by atoms with Crippen molar-refractivity contribution in [3.05, 3.63) is 23.5 Å². The van der Waals surface area contributed by atoms with Crippen molar-refractivity contribution in [2.45, 2.75) is 97.0 Å². The summed E-state index contributed by atoms with van der Waals surface area (Å²) in [5.41, 5.74) is 0.719. The van der Waals surface area contributed by atoms with Crippen molar-refractivity contribution in [1.82, 2.24) is 0 Å². The third kappa shape index (κ3) is 3.43. The van der Waals surface area contributed by atoms with E-state index in [1.807, 2.05) is 0 Å². The molecule has 30 heavy (non-hydrogen) atoms. The third-order valence-corrected chi connectivity index (χ3v) is 9.59. The molecule has 4 aliphatic rings. The Kier molecular flexibility index (Phi) is 5.85. The van der Waals surface area contributed by atoms with E-state index in [4.69, 9.17) is 4.74 Å². The SMILES string of the molecule is CCCCOC1=CC2=CC[C@@H]3[C@H](CC[C@@]4(C)[C@H]3CC[C@@]4(O)CCC(=O)O)[C@@]2(C)CC1. The van der Waals surface area contributed by atoms with E-state index >= 15 is 0 Å². The molecule has 4 aliphatic carbocycles. The van der Waals surface area contributed by atoms with Crippen molar-refractivity contribution in [3.8, 4) is 0 Å². The zero-order chi connectivity index (χ0) is 21.6. The van der Waals surface area contributed by atoms with Gasteiger partial charge in [-0.3, -0.25) is 4.79 Å². The maximum Gasteiger partial charge on any atom is 0.303 e. The van der Waals surface area contributed by atoms with Crippen molar-refractivity contribution in [2.24, 2.45) is 28.6 Å². The predicted molar refractivity (Wildman–Crippen MR) is 118 cm³/mol. The summed E-state index contributed by atoms with van der Waals surface area (Å²) in [6.45, 7) is 7.74. The van der Waals surface area contributed by atoms with E-state index in [-0.39, 0.29) is 17.3 Å². The van der Waals surface area contributed by atoms with Crippen molar-refractivity contribution in [3.63, 3.8) is 0 Å². The van der Waals surface area contributed by atoms with Crippen LogP contribution in [0.25, 0.3) is 0 Å². The number of fused-ring (bicyclic) bond motifs is 5. The van der Waals surface area contributed by atoms with Crippen LogP contribution in [0.4, 0.5) is 0 Å². The second-order valence-corrected chi connectivity index (χ2v) is 10.9. The molecule has 4 rings (SSSR count). The molecule has 0 aromatic carbocycles. The molecule has 0 aromatic heterocycles. The number of unbranched alkanes of at least 4 members (excludes halogenated alkanes) is 1. The number of carboxylic acid groups (broad SMARTS) is 1. The van der Waals surface area contributed by atoms with Crippen LogP contribution in [0, 0.1) is 28.6 Å². The Hall–Kier alpha value is -1.29. The molecular formula is C26H40O4. The molecule has 0 unspecified atom stereocenters. The molecule has 2 fully saturated rings. The summed E-state index contributed by atoms with van der Waals surface area (Å²) in [4.78, 5) is 11.2. The largest absolute Gasteiger partial charge is 0.498 e. The first-order chi connectivity index (χ1) is 14.2. The summed E-state index contributed by atoms with van der Waals surface area (Å²) in [5.74, 6) is 2.12. The summed E-state index contributed by atoms with van der Waals surface area (Å²) < 4.78 is 6.05. The Labute approximate surface area is 181 Å². The Morgan fingerprint density at radius 2 is 1.97 bits per heavy atom. The lowest BCUT2D eigenvalue weighted by atomic mass is 9.47. The van der Waals surface area contributed by atoms with Crippen LogP contribution in [0.3, 0.4) is 0 Å². The molecule has 0 radical (unpaired) electrons.